The van der Waals surface area contributed by atoms with Crippen molar-refractivity contribution in [3.63, 3.8) is 0 Å². The number of hydrogen-bond acceptors (Lipinski definition) is 3. The van der Waals surface area contributed by atoms with Crippen molar-refractivity contribution >= 4 is 29.2 Å². The zero-order chi connectivity index (χ0) is 17.3. The summed E-state index contributed by atoms with van der Waals surface area (Å²) in [4.78, 5) is 24.8. The Morgan fingerprint density at radius 2 is 1.71 bits per heavy atom. The van der Waals surface area contributed by atoms with E-state index < -0.39 is 0 Å². The van der Waals surface area contributed by atoms with Gasteiger partial charge in [-0.05, 0) is 37.1 Å². The average Bonchev–Trinajstić information content (AvgIpc) is 2.82. The van der Waals surface area contributed by atoms with E-state index in [0.717, 1.165) is 6.42 Å². The molecule has 0 radical (unpaired) electrons. The minimum Gasteiger partial charge on any atom is -0.489 e. The average molecular weight is 341 g/mol. The maximum atomic E-state index is 12.4. The van der Waals surface area contributed by atoms with Crippen LogP contribution in [0.4, 0.5) is 0 Å². The molecule has 0 aliphatic heterocycles. The number of ether oxygens (including phenoxy) is 1. The van der Waals surface area contributed by atoms with Gasteiger partial charge in [0.2, 0.25) is 0 Å². The highest BCUT2D eigenvalue weighted by Gasteiger charge is 2.32. The molecule has 0 saturated carbocycles. The fourth-order valence-corrected chi connectivity index (χ4v) is 2.81. The van der Waals surface area contributed by atoms with E-state index in [1.54, 1.807) is 48.5 Å². The Hall–Kier alpha value is -2.39. The topological polar surface area (TPSA) is 43.4 Å². The predicted molar refractivity (Wildman–Crippen MR) is 94.9 cm³/mol. The molecule has 1 aliphatic rings. The van der Waals surface area contributed by atoms with E-state index in [4.69, 9.17) is 16.3 Å². The van der Waals surface area contributed by atoms with Gasteiger partial charge in [-0.25, -0.2) is 0 Å². The zero-order valence-electron chi connectivity index (χ0n) is 13.5. The molecule has 0 N–H and O–H groups in total. The SMILES string of the molecule is CC[C@@H](C)Oc1ccc(C=C2C(=O)c3ccccc3C2=O)cc1Cl. The van der Waals surface area contributed by atoms with Crippen LogP contribution >= 0.6 is 11.6 Å². The van der Waals surface area contributed by atoms with Gasteiger partial charge in [0.15, 0.2) is 11.6 Å². The van der Waals surface area contributed by atoms with Crippen LogP contribution in [0.2, 0.25) is 5.02 Å². The lowest BCUT2D eigenvalue weighted by Crippen LogP contribution is -2.09. The molecule has 1 atom stereocenters. The number of ketones is 2. The standard InChI is InChI=1S/C20H17ClO3/c1-3-12(2)24-18-9-8-13(11-17(18)21)10-16-19(22)14-6-4-5-7-15(14)20(16)23/h4-12H,3H2,1-2H3/t12-/m1/s1. The molecule has 0 amide bonds. The van der Waals surface area contributed by atoms with E-state index in [2.05, 4.69) is 0 Å². The van der Waals surface area contributed by atoms with Crippen molar-refractivity contribution in [1.82, 2.24) is 0 Å². The van der Waals surface area contributed by atoms with Crippen LogP contribution in [-0.4, -0.2) is 17.7 Å². The number of benzene rings is 2. The van der Waals surface area contributed by atoms with Gasteiger partial charge in [0.25, 0.3) is 0 Å². The van der Waals surface area contributed by atoms with E-state index in [-0.39, 0.29) is 23.2 Å². The van der Waals surface area contributed by atoms with Crippen LogP contribution in [0, 0.1) is 0 Å². The van der Waals surface area contributed by atoms with E-state index in [1.807, 2.05) is 13.8 Å². The summed E-state index contributed by atoms with van der Waals surface area (Å²) in [7, 11) is 0. The van der Waals surface area contributed by atoms with Gasteiger partial charge in [-0.3, -0.25) is 9.59 Å². The fourth-order valence-electron chi connectivity index (χ4n) is 2.57. The van der Waals surface area contributed by atoms with Crippen LogP contribution in [0.25, 0.3) is 6.08 Å². The zero-order valence-corrected chi connectivity index (χ0v) is 14.3. The second-order valence-electron chi connectivity index (χ2n) is 5.79. The first-order chi connectivity index (χ1) is 11.5. The monoisotopic (exact) mass is 340 g/mol. The lowest BCUT2D eigenvalue weighted by molar-refractivity contribution is 0.0990. The molecule has 4 heteroatoms. The number of hydrogen-bond donors (Lipinski definition) is 0. The molecule has 0 unspecified atom stereocenters. The van der Waals surface area contributed by atoms with Crippen LogP contribution in [0.1, 0.15) is 46.5 Å². The molecule has 0 aromatic heterocycles. The van der Waals surface area contributed by atoms with Crippen molar-refractivity contribution < 1.29 is 14.3 Å². The normalized spacial score (nSPS) is 14.5. The van der Waals surface area contributed by atoms with Gasteiger partial charge in [-0.2, -0.15) is 0 Å². The molecule has 3 rings (SSSR count). The van der Waals surface area contributed by atoms with Crippen molar-refractivity contribution in [3.05, 3.63) is 69.8 Å². The number of carbonyl (C=O) groups excluding carboxylic acids is 2. The Labute approximate surface area is 145 Å². The lowest BCUT2D eigenvalue weighted by atomic mass is 10.1. The smallest absolute Gasteiger partial charge is 0.197 e. The third kappa shape index (κ3) is 3.00. The van der Waals surface area contributed by atoms with E-state index >= 15 is 0 Å². The maximum Gasteiger partial charge on any atom is 0.197 e. The van der Waals surface area contributed by atoms with Crippen LogP contribution in [-0.2, 0) is 0 Å². The number of halogens is 1. The van der Waals surface area contributed by atoms with Gasteiger partial charge < -0.3 is 4.74 Å². The first-order valence-corrected chi connectivity index (χ1v) is 8.25. The highest BCUT2D eigenvalue weighted by atomic mass is 35.5. The van der Waals surface area contributed by atoms with Crippen molar-refractivity contribution in [2.24, 2.45) is 0 Å². The minimum absolute atomic E-state index is 0.0687. The molecule has 0 spiro atoms. The van der Waals surface area contributed by atoms with E-state index in [0.29, 0.717) is 27.5 Å². The van der Waals surface area contributed by atoms with Crippen molar-refractivity contribution in [2.75, 3.05) is 0 Å². The Morgan fingerprint density at radius 1 is 1.08 bits per heavy atom. The minimum atomic E-state index is -0.244. The summed E-state index contributed by atoms with van der Waals surface area (Å²) in [6, 6.07) is 12.1. The molecule has 1 aliphatic carbocycles. The summed E-state index contributed by atoms with van der Waals surface area (Å²) < 4.78 is 5.73. The summed E-state index contributed by atoms with van der Waals surface area (Å²) >= 11 is 6.25. The maximum absolute atomic E-state index is 12.4. The summed E-state index contributed by atoms with van der Waals surface area (Å²) in [6.45, 7) is 4.01. The van der Waals surface area contributed by atoms with Gasteiger partial charge in [0.05, 0.1) is 16.7 Å². The van der Waals surface area contributed by atoms with Gasteiger partial charge >= 0.3 is 0 Å². The summed E-state index contributed by atoms with van der Waals surface area (Å²) in [5, 5.41) is 0.458. The Bertz CT molecular complexity index is 815. The van der Waals surface area contributed by atoms with Crippen LogP contribution in [0.3, 0.4) is 0 Å². The number of carbonyl (C=O) groups is 2. The summed E-state index contributed by atoms with van der Waals surface area (Å²) in [5.41, 5.74) is 1.78. The van der Waals surface area contributed by atoms with Gasteiger partial charge in [0, 0.05) is 11.1 Å². The van der Waals surface area contributed by atoms with Gasteiger partial charge in [-0.1, -0.05) is 48.9 Å². The first kappa shape index (κ1) is 16.5. The molecular weight excluding hydrogens is 324 g/mol. The third-order valence-electron chi connectivity index (χ3n) is 4.08. The second kappa shape index (κ2) is 6.62. The number of rotatable bonds is 4. The predicted octanol–water partition coefficient (Wildman–Crippen LogP) is 4.98. The van der Waals surface area contributed by atoms with Crippen LogP contribution in [0.15, 0.2) is 48.0 Å². The van der Waals surface area contributed by atoms with Crippen LogP contribution < -0.4 is 4.74 Å². The lowest BCUT2D eigenvalue weighted by Gasteiger charge is -2.14. The molecule has 2 aromatic rings. The van der Waals surface area contributed by atoms with Gasteiger partial charge in [-0.15, -0.1) is 0 Å². The highest BCUT2D eigenvalue weighted by molar-refractivity contribution is 6.41. The molecule has 3 nitrogen and oxygen atoms in total. The van der Waals surface area contributed by atoms with E-state index in [1.165, 1.54) is 0 Å². The Kier molecular flexibility index (Phi) is 4.54. The molecule has 122 valence electrons. The quantitative estimate of drug-likeness (QED) is 0.582. The second-order valence-corrected chi connectivity index (χ2v) is 6.20. The summed E-state index contributed by atoms with van der Waals surface area (Å²) in [5.74, 6) is 0.110. The number of Topliss-reactive ketones (excluding diaryl/α,β-unsaturated/α-hetero) is 2. The van der Waals surface area contributed by atoms with Crippen molar-refractivity contribution in [2.45, 2.75) is 26.4 Å². The molecule has 0 bridgehead atoms. The van der Waals surface area contributed by atoms with Crippen molar-refractivity contribution in [1.29, 1.82) is 0 Å². The Morgan fingerprint density at radius 3 is 2.25 bits per heavy atom. The molecule has 24 heavy (non-hydrogen) atoms. The third-order valence-corrected chi connectivity index (χ3v) is 4.37. The van der Waals surface area contributed by atoms with Crippen molar-refractivity contribution in [3.8, 4) is 5.75 Å². The molecule has 0 fully saturated rings. The first-order valence-electron chi connectivity index (χ1n) is 7.87. The number of fused-ring (bicyclic) bond motifs is 1. The van der Waals surface area contributed by atoms with Crippen LogP contribution in [0.5, 0.6) is 5.75 Å². The van der Waals surface area contributed by atoms with E-state index in [9.17, 15) is 9.59 Å². The molecule has 2 aromatic carbocycles. The number of allylic oxidation sites excluding steroid dienone is 1. The van der Waals surface area contributed by atoms with Gasteiger partial charge in [0.1, 0.15) is 5.75 Å². The highest BCUT2D eigenvalue weighted by Crippen LogP contribution is 2.31. The molecular formula is C20H17ClO3. The molecule has 0 heterocycles. The molecule has 0 saturated heterocycles. The fraction of sp³-hybridized carbons (Fsp3) is 0.200. The Balaban J connectivity index is 1.92. The largest absolute Gasteiger partial charge is 0.489 e. The summed E-state index contributed by atoms with van der Waals surface area (Å²) in [6.07, 6.45) is 2.53.